The summed E-state index contributed by atoms with van der Waals surface area (Å²) < 4.78 is 5.46. The molecule has 2 rings (SSSR count). The van der Waals surface area contributed by atoms with Gasteiger partial charge in [-0.2, -0.15) is 0 Å². The lowest BCUT2D eigenvalue weighted by Gasteiger charge is -2.06. The van der Waals surface area contributed by atoms with Crippen LogP contribution in [0.25, 0.3) is 11.0 Å². The molecule has 0 aliphatic rings. The largest absolute Gasteiger partial charge is 0.438 e. The first-order valence-electron chi connectivity index (χ1n) is 13.1. The number of fused-ring (bicyclic) bond motifs is 1. The van der Waals surface area contributed by atoms with Crippen LogP contribution in [-0.2, 0) is 0 Å². The van der Waals surface area contributed by atoms with Crippen LogP contribution in [0.3, 0.4) is 0 Å². The Bertz CT molecular complexity index is 828. The maximum atomic E-state index is 12.4. The molecule has 0 spiro atoms. The lowest BCUT2D eigenvalue weighted by Crippen LogP contribution is -2.29. The van der Waals surface area contributed by atoms with Gasteiger partial charge in [0.1, 0.15) is 11.1 Å². The lowest BCUT2D eigenvalue weighted by molar-refractivity contribution is 0.0948. The minimum atomic E-state index is -0.217. The minimum Gasteiger partial charge on any atom is -0.438 e. The first kappa shape index (κ1) is 26.2. The van der Waals surface area contributed by atoms with Crippen LogP contribution in [0, 0.1) is 5.41 Å². The SMILES string of the molecule is CCCCCCCCCCCCCCCCCCNC(=O)c1cc2ccccc2oc1=N. The Balaban J connectivity index is 1.42. The summed E-state index contributed by atoms with van der Waals surface area (Å²) in [6, 6.07) is 9.21. The molecule has 0 saturated heterocycles. The molecular weight excluding hydrogens is 396 g/mol. The van der Waals surface area contributed by atoms with E-state index in [4.69, 9.17) is 9.83 Å². The van der Waals surface area contributed by atoms with Gasteiger partial charge in [0.05, 0.1) is 0 Å². The third-order valence-electron chi connectivity index (χ3n) is 6.24. The van der Waals surface area contributed by atoms with Crippen LogP contribution < -0.4 is 10.9 Å². The second-order valence-electron chi connectivity index (χ2n) is 9.09. The molecule has 32 heavy (non-hydrogen) atoms. The molecule has 0 bridgehead atoms. The number of unbranched alkanes of at least 4 members (excludes halogenated alkanes) is 15. The van der Waals surface area contributed by atoms with E-state index in [0.717, 1.165) is 18.2 Å². The fourth-order valence-corrected chi connectivity index (χ4v) is 4.22. The van der Waals surface area contributed by atoms with Crippen LogP contribution in [0.5, 0.6) is 0 Å². The highest BCUT2D eigenvalue weighted by molar-refractivity contribution is 5.96. The molecule has 2 aromatic rings. The first-order chi connectivity index (χ1) is 15.7. The molecular formula is C28H44N2O2. The molecule has 0 unspecified atom stereocenters. The van der Waals surface area contributed by atoms with Gasteiger partial charge in [0.15, 0.2) is 0 Å². The summed E-state index contributed by atoms with van der Waals surface area (Å²) in [5.41, 5.74) is 0.861. The highest BCUT2D eigenvalue weighted by Gasteiger charge is 2.10. The highest BCUT2D eigenvalue weighted by atomic mass is 16.3. The number of carbonyl (C=O) groups is 1. The molecule has 0 atom stereocenters. The molecule has 0 aliphatic heterocycles. The van der Waals surface area contributed by atoms with Crippen LogP contribution in [-0.4, -0.2) is 12.5 Å². The molecule has 1 aromatic heterocycles. The van der Waals surface area contributed by atoms with Crippen molar-refractivity contribution in [1.82, 2.24) is 5.32 Å². The molecule has 2 N–H and O–H groups in total. The van der Waals surface area contributed by atoms with Crippen molar-refractivity contribution in [2.45, 2.75) is 110 Å². The number of para-hydroxylation sites is 1. The number of hydrogen-bond acceptors (Lipinski definition) is 3. The summed E-state index contributed by atoms with van der Waals surface area (Å²) >= 11 is 0. The Morgan fingerprint density at radius 1 is 0.781 bits per heavy atom. The lowest BCUT2D eigenvalue weighted by atomic mass is 10.0. The van der Waals surface area contributed by atoms with E-state index in [-0.39, 0.29) is 11.5 Å². The van der Waals surface area contributed by atoms with Crippen molar-refractivity contribution < 1.29 is 9.21 Å². The van der Waals surface area contributed by atoms with Crippen LogP contribution in [0.1, 0.15) is 120 Å². The maximum absolute atomic E-state index is 12.4. The zero-order valence-corrected chi connectivity index (χ0v) is 20.2. The molecule has 0 fully saturated rings. The van der Waals surface area contributed by atoms with Gasteiger partial charge in [0.25, 0.3) is 5.91 Å². The van der Waals surface area contributed by atoms with Crippen molar-refractivity contribution in [2.24, 2.45) is 0 Å². The van der Waals surface area contributed by atoms with Crippen molar-refractivity contribution in [3.8, 4) is 0 Å². The number of rotatable bonds is 18. The fourth-order valence-electron chi connectivity index (χ4n) is 4.22. The highest BCUT2D eigenvalue weighted by Crippen LogP contribution is 2.14. The number of amides is 1. The second-order valence-corrected chi connectivity index (χ2v) is 9.09. The third kappa shape index (κ3) is 10.5. The topological polar surface area (TPSA) is 66.1 Å². The van der Waals surface area contributed by atoms with E-state index in [1.807, 2.05) is 24.3 Å². The fraction of sp³-hybridized carbons (Fsp3) is 0.643. The van der Waals surface area contributed by atoms with E-state index in [9.17, 15) is 4.79 Å². The third-order valence-corrected chi connectivity index (χ3v) is 6.24. The van der Waals surface area contributed by atoms with Gasteiger partial charge in [-0.1, -0.05) is 121 Å². The summed E-state index contributed by atoms with van der Waals surface area (Å²) in [6.45, 7) is 2.93. The Morgan fingerprint density at radius 3 is 1.84 bits per heavy atom. The summed E-state index contributed by atoms with van der Waals surface area (Å²) in [6.07, 6.45) is 21.5. The average Bonchev–Trinajstić information content (AvgIpc) is 2.80. The zero-order chi connectivity index (χ0) is 22.9. The Labute approximate surface area is 194 Å². The van der Waals surface area contributed by atoms with Crippen LogP contribution in [0.2, 0.25) is 0 Å². The zero-order valence-electron chi connectivity index (χ0n) is 20.2. The van der Waals surface area contributed by atoms with Gasteiger partial charge < -0.3 is 9.73 Å². The molecule has 0 saturated carbocycles. The van der Waals surface area contributed by atoms with Gasteiger partial charge in [-0.15, -0.1) is 0 Å². The van der Waals surface area contributed by atoms with Crippen molar-refractivity contribution in [1.29, 1.82) is 5.41 Å². The Kier molecular flexibility index (Phi) is 13.5. The van der Waals surface area contributed by atoms with Gasteiger partial charge in [-0.3, -0.25) is 10.2 Å². The van der Waals surface area contributed by atoms with Crippen LogP contribution in [0.4, 0.5) is 0 Å². The van der Waals surface area contributed by atoms with Gasteiger partial charge >= 0.3 is 0 Å². The van der Waals surface area contributed by atoms with Crippen LogP contribution >= 0.6 is 0 Å². The monoisotopic (exact) mass is 440 g/mol. The van der Waals surface area contributed by atoms with E-state index >= 15 is 0 Å². The van der Waals surface area contributed by atoms with E-state index < -0.39 is 0 Å². The number of nitrogens with one attached hydrogen (secondary N) is 2. The summed E-state index contributed by atoms with van der Waals surface area (Å²) in [7, 11) is 0. The van der Waals surface area contributed by atoms with Crippen molar-refractivity contribution in [2.75, 3.05) is 6.54 Å². The molecule has 4 heteroatoms. The minimum absolute atomic E-state index is 0.0758. The van der Waals surface area contributed by atoms with Crippen LogP contribution in [0.15, 0.2) is 34.7 Å². The Hall–Kier alpha value is -2.10. The van der Waals surface area contributed by atoms with Gasteiger partial charge in [-0.25, -0.2) is 0 Å². The van der Waals surface area contributed by atoms with E-state index in [1.165, 1.54) is 89.9 Å². The number of hydrogen-bond donors (Lipinski definition) is 2. The Morgan fingerprint density at radius 2 is 1.28 bits per heavy atom. The standard InChI is InChI=1S/C28H44N2O2/c1-2-3-4-5-6-7-8-9-10-11-12-13-14-15-16-19-22-30-28(31)25-23-24-20-17-18-21-26(24)32-27(25)29/h17-18,20-21,23,29H,2-16,19,22H2,1H3,(H,30,31). The van der Waals surface area contributed by atoms with E-state index in [2.05, 4.69) is 12.2 Å². The first-order valence-corrected chi connectivity index (χ1v) is 13.1. The molecule has 1 aromatic carbocycles. The molecule has 1 heterocycles. The molecule has 0 radical (unpaired) electrons. The van der Waals surface area contributed by atoms with E-state index in [1.54, 1.807) is 6.07 Å². The predicted octanol–water partition coefficient (Wildman–Crippen LogP) is 7.90. The quantitative estimate of drug-likeness (QED) is 0.231. The summed E-state index contributed by atoms with van der Waals surface area (Å²) in [5, 5.41) is 11.7. The smallest absolute Gasteiger partial charge is 0.256 e. The molecule has 0 aliphatic carbocycles. The number of carbonyl (C=O) groups excluding carboxylic acids is 1. The normalized spacial score (nSPS) is 11.2. The molecule has 1 amide bonds. The number of benzene rings is 1. The maximum Gasteiger partial charge on any atom is 0.256 e. The second kappa shape index (κ2) is 16.5. The van der Waals surface area contributed by atoms with Gasteiger partial charge in [-0.05, 0) is 18.6 Å². The van der Waals surface area contributed by atoms with Crippen molar-refractivity contribution >= 4 is 16.9 Å². The predicted molar refractivity (Wildman–Crippen MR) is 134 cm³/mol. The van der Waals surface area contributed by atoms with Gasteiger partial charge in [0, 0.05) is 11.9 Å². The summed E-state index contributed by atoms with van der Waals surface area (Å²) in [4.78, 5) is 12.4. The van der Waals surface area contributed by atoms with E-state index in [0.29, 0.717) is 17.7 Å². The van der Waals surface area contributed by atoms with Crippen molar-refractivity contribution in [3.05, 3.63) is 41.4 Å². The van der Waals surface area contributed by atoms with Gasteiger partial charge in [0.2, 0.25) is 5.55 Å². The average molecular weight is 441 g/mol. The molecule has 178 valence electrons. The molecule has 4 nitrogen and oxygen atoms in total. The van der Waals surface area contributed by atoms with Crippen molar-refractivity contribution in [3.63, 3.8) is 0 Å². The summed E-state index contributed by atoms with van der Waals surface area (Å²) in [5.74, 6) is -0.217.